The van der Waals surface area contributed by atoms with Crippen LogP contribution in [-0.4, -0.2) is 29.9 Å². The third-order valence-corrected chi connectivity index (χ3v) is 6.10. The SMILES string of the molecule is CC1CC=CCC1COC(=O)CCC(=O)N1CCc2sccc2C1. The van der Waals surface area contributed by atoms with Crippen LogP contribution in [0.15, 0.2) is 23.6 Å². The third kappa shape index (κ3) is 4.26. The summed E-state index contributed by atoms with van der Waals surface area (Å²) in [6.07, 6.45) is 7.75. The van der Waals surface area contributed by atoms with Crippen molar-refractivity contribution in [1.82, 2.24) is 4.90 Å². The van der Waals surface area contributed by atoms with E-state index in [2.05, 4.69) is 30.5 Å². The first-order chi connectivity index (χ1) is 11.6. The van der Waals surface area contributed by atoms with Crippen molar-refractivity contribution in [1.29, 1.82) is 0 Å². The summed E-state index contributed by atoms with van der Waals surface area (Å²) in [5.41, 5.74) is 1.25. The molecular formula is C19H25NO3S. The van der Waals surface area contributed by atoms with Gasteiger partial charge in [-0.25, -0.2) is 0 Å². The Balaban J connectivity index is 1.38. The zero-order chi connectivity index (χ0) is 16.9. The average molecular weight is 347 g/mol. The number of ether oxygens (including phenoxy) is 1. The molecule has 0 bridgehead atoms. The first kappa shape index (κ1) is 17.2. The average Bonchev–Trinajstić information content (AvgIpc) is 3.06. The van der Waals surface area contributed by atoms with Crippen molar-refractivity contribution >= 4 is 23.2 Å². The van der Waals surface area contributed by atoms with E-state index in [1.165, 1.54) is 10.4 Å². The van der Waals surface area contributed by atoms with Crippen LogP contribution in [0.5, 0.6) is 0 Å². The van der Waals surface area contributed by atoms with Gasteiger partial charge in [0.1, 0.15) is 0 Å². The summed E-state index contributed by atoms with van der Waals surface area (Å²) in [7, 11) is 0. The molecule has 0 saturated carbocycles. The summed E-state index contributed by atoms with van der Waals surface area (Å²) in [5, 5.41) is 2.08. The van der Waals surface area contributed by atoms with Crippen LogP contribution in [0.25, 0.3) is 0 Å². The Kier molecular flexibility index (Phi) is 5.72. The molecule has 1 amide bonds. The first-order valence-corrected chi connectivity index (χ1v) is 9.65. The fraction of sp³-hybridized carbons (Fsp3) is 0.579. The lowest BCUT2D eigenvalue weighted by Gasteiger charge is -2.27. The van der Waals surface area contributed by atoms with Crippen LogP contribution >= 0.6 is 11.3 Å². The monoisotopic (exact) mass is 347 g/mol. The van der Waals surface area contributed by atoms with E-state index >= 15 is 0 Å². The van der Waals surface area contributed by atoms with E-state index in [1.54, 1.807) is 11.3 Å². The smallest absolute Gasteiger partial charge is 0.306 e. The van der Waals surface area contributed by atoms with Gasteiger partial charge >= 0.3 is 5.97 Å². The third-order valence-electron chi connectivity index (χ3n) is 5.08. The molecule has 1 aliphatic heterocycles. The molecule has 0 aromatic carbocycles. The maximum absolute atomic E-state index is 12.3. The molecule has 2 aliphatic rings. The van der Waals surface area contributed by atoms with Crippen LogP contribution < -0.4 is 0 Å². The fourth-order valence-electron chi connectivity index (χ4n) is 3.34. The molecule has 2 atom stereocenters. The molecule has 24 heavy (non-hydrogen) atoms. The van der Waals surface area contributed by atoms with Gasteiger partial charge in [-0.3, -0.25) is 9.59 Å². The van der Waals surface area contributed by atoms with E-state index in [9.17, 15) is 9.59 Å². The van der Waals surface area contributed by atoms with Gasteiger partial charge in [0.15, 0.2) is 0 Å². The van der Waals surface area contributed by atoms with Crippen molar-refractivity contribution in [2.45, 2.75) is 45.6 Å². The van der Waals surface area contributed by atoms with Gasteiger partial charge in [-0.15, -0.1) is 11.3 Å². The van der Waals surface area contributed by atoms with E-state index in [-0.39, 0.29) is 24.7 Å². The minimum atomic E-state index is -0.252. The molecule has 2 heterocycles. The van der Waals surface area contributed by atoms with Gasteiger partial charge < -0.3 is 9.64 Å². The zero-order valence-electron chi connectivity index (χ0n) is 14.2. The predicted octanol–water partition coefficient (Wildman–Crippen LogP) is 3.56. The summed E-state index contributed by atoms with van der Waals surface area (Å²) in [4.78, 5) is 27.5. The minimum absolute atomic E-state index is 0.0535. The van der Waals surface area contributed by atoms with Crippen LogP contribution in [0.3, 0.4) is 0 Å². The van der Waals surface area contributed by atoms with Crippen molar-refractivity contribution in [3.8, 4) is 0 Å². The lowest BCUT2D eigenvalue weighted by Crippen LogP contribution is -2.35. The van der Waals surface area contributed by atoms with Crippen molar-refractivity contribution in [2.75, 3.05) is 13.2 Å². The summed E-state index contributed by atoms with van der Waals surface area (Å²) >= 11 is 1.76. The number of esters is 1. The second-order valence-corrected chi connectivity index (χ2v) is 7.80. The predicted molar refractivity (Wildman–Crippen MR) is 94.7 cm³/mol. The number of amides is 1. The van der Waals surface area contributed by atoms with Gasteiger partial charge in [0.2, 0.25) is 5.91 Å². The molecule has 1 aromatic heterocycles. The quantitative estimate of drug-likeness (QED) is 0.604. The first-order valence-electron chi connectivity index (χ1n) is 8.77. The zero-order valence-corrected chi connectivity index (χ0v) is 15.0. The number of nitrogens with zero attached hydrogens (tertiary/aromatic N) is 1. The highest BCUT2D eigenvalue weighted by atomic mass is 32.1. The van der Waals surface area contributed by atoms with E-state index in [0.29, 0.717) is 25.0 Å². The van der Waals surface area contributed by atoms with Crippen molar-refractivity contribution in [3.63, 3.8) is 0 Å². The van der Waals surface area contributed by atoms with Gasteiger partial charge in [0.25, 0.3) is 0 Å². The molecule has 0 N–H and O–H groups in total. The number of fused-ring (bicyclic) bond motifs is 1. The van der Waals surface area contributed by atoms with Crippen molar-refractivity contribution in [2.24, 2.45) is 11.8 Å². The summed E-state index contributed by atoms with van der Waals surface area (Å²) in [6.45, 7) is 4.10. The second kappa shape index (κ2) is 7.97. The molecule has 4 nitrogen and oxygen atoms in total. The normalized spacial score (nSPS) is 23.0. The number of thiophene rings is 1. The molecular weight excluding hydrogens is 322 g/mol. The Labute approximate surface area is 147 Å². The Morgan fingerprint density at radius 2 is 2.12 bits per heavy atom. The van der Waals surface area contributed by atoms with E-state index < -0.39 is 0 Å². The standard InChI is InChI=1S/C19H25NO3S/c1-14-4-2-3-5-16(14)13-23-19(22)7-6-18(21)20-10-8-17-15(12-20)9-11-24-17/h2-3,9,11,14,16H,4-8,10,12-13H2,1H3. The maximum atomic E-state index is 12.3. The minimum Gasteiger partial charge on any atom is -0.465 e. The van der Waals surface area contributed by atoms with Gasteiger partial charge in [-0.05, 0) is 48.1 Å². The molecule has 1 aliphatic carbocycles. The van der Waals surface area contributed by atoms with Crippen LogP contribution in [0.4, 0.5) is 0 Å². The van der Waals surface area contributed by atoms with E-state index in [0.717, 1.165) is 25.8 Å². The number of hydrogen-bond donors (Lipinski definition) is 0. The largest absolute Gasteiger partial charge is 0.465 e. The van der Waals surface area contributed by atoms with Crippen molar-refractivity contribution in [3.05, 3.63) is 34.0 Å². The van der Waals surface area contributed by atoms with Gasteiger partial charge in [-0.2, -0.15) is 0 Å². The van der Waals surface area contributed by atoms with Crippen LogP contribution in [0.1, 0.15) is 43.0 Å². The maximum Gasteiger partial charge on any atom is 0.306 e. The molecule has 0 fully saturated rings. The Bertz CT molecular complexity index is 622. The fourth-order valence-corrected chi connectivity index (χ4v) is 4.23. The molecule has 1 aromatic rings. The lowest BCUT2D eigenvalue weighted by atomic mass is 9.85. The number of hydrogen-bond acceptors (Lipinski definition) is 4. The second-order valence-electron chi connectivity index (χ2n) is 6.80. The highest BCUT2D eigenvalue weighted by Crippen LogP contribution is 2.26. The van der Waals surface area contributed by atoms with Crippen LogP contribution in [0.2, 0.25) is 0 Å². The van der Waals surface area contributed by atoms with Gasteiger partial charge in [0, 0.05) is 24.4 Å². The molecule has 0 saturated heterocycles. The number of carbonyl (C=O) groups excluding carboxylic acids is 2. The molecule has 3 rings (SSSR count). The Morgan fingerprint density at radius 3 is 2.96 bits per heavy atom. The molecule has 5 heteroatoms. The summed E-state index contributed by atoms with van der Waals surface area (Å²) in [5.74, 6) is 0.766. The number of carbonyl (C=O) groups is 2. The van der Waals surface area contributed by atoms with Crippen LogP contribution in [0, 0.1) is 11.8 Å². The number of rotatable bonds is 5. The Hall–Kier alpha value is -1.62. The number of allylic oxidation sites excluding steroid dienone is 2. The molecule has 130 valence electrons. The van der Waals surface area contributed by atoms with E-state index in [1.807, 2.05) is 4.90 Å². The van der Waals surface area contributed by atoms with E-state index in [4.69, 9.17) is 4.74 Å². The summed E-state index contributed by atoms with van der Waals surface area (Å²) < 4.78 is 5.39. The van der Waals surface area contributed by atoms with Gasteiger partial charge in [0.05, 0.1) is 13.0 Å². The highest BCUT2D eigenvalue weighted by Gasteiger charge is 2.23. The summed E-state index contributed by atoms with van der Waals surface area (Å²) in [6, 6.07) is 2.09. The molecule has 0 radical (unpaired) electrons. The highest BCUT2D eigenvalue weighted by molar-refractivity contribution is 7.10. The van der Waals surface area contributed by atoms with Crippen LogP contribution in [-0.2, 0) is 27.3 Å². The van der Waals surface area contributed by atoms with Crippen molar-refractivity contribution < 1.29 is 14.3 Å². The lowest BCUT2D eigenvalue weighted by molar-refractivity contribution is -0.148. The topological polar surface area (TPSA) is 46.6 Å². The van der Waals surface area contributed by atoms with Gasteiger partial charge in [-0.1, -0.05) is 19.1 Å². The Morgan fingerprint density at radius 1 is 1.29 bits per heavy atom. The molecule has 2 unspecified atom stereocenters. The molecule has 0 spiro atoms.